The molecule has 2 aromatic heterocycles. The van der Waals surface area contributed by atoms with Crippen LogP contribution in [0, 0.1) is 20.8 Å². The molecule has 0 aliphatic carbocycles. The van der Waals surface area contributed by atoms with Crippen LogP contribution in [0.25, 0.3) is 10.9 Å². The number of hydrogen-bond acceptors (Lipinski definition) is 8. The number of pyridine rings is 1. The van der Waals surface area contributed by atoms with Gasteiger partial charge in [-0.1, -0.05) is 23.4 Å². The van der Waals surface area contributed by atoms with E-state index in [2.05, 4.69) is 10.1 Å². The van der Waals surface area contributed by atoms with Crippen LogP contribution < -0.4 is 0 Å². The molecule has 7 nitrogen and oxygen atoms in total. The normalized spacial score (nSPS) is 10.9. The van der Waals surface area contributed by atoms with Gasteiger partial charge in [-0.2, -0.15) is 0 Å². The molecule has 2 heterocycles. The first-order chi connectivity index (χ1) is 13.9. The fourth-order valence-electron chi connectivity index (χ4n) is 3.05. The maximum Gasteiger partial charge on any atom is 0.340 e. The SMILES string of the molecule is COC(=O)c1c(COC(=O)CSCc2c(C)noc2C)nc2ccccc2c1C. The molecule has 0 N–H and O–H groups in total. The van der Waals surface area contributed by atoms with Gasteiger partial charge in [0.2, 0.25) is 0 Å². The first-order valence-corrected chi connectivity index (χ1v) is 10.2. The Kier molecular flexibility index (Phi) is 6.53. The van der Waals surface area contributed by atoms with E-state index in [4.69, 9.17) is 14.0 Å². The molecule has 0 spiro atoms. The van der Waals surface area contributed by atoms with Crippen LogP contribution in [0.5, 0.6) is 0 Å². The van der Waals surface area contributed by atoms with Crippen molar-refractivity contribution in [1.82, 2.24) is 10.1 Å². The third kappa shape index (κ3) is 4.59. The zero-order valence-corrected chi connectivity index (χ0v) is 17.6. The van der Waals surface area contributed by atoms with Crippen molar-refractivity contribution in [2.24, 2.45) is 0 Å². The highest BCUT2D eigenvalue weighted by molar-refractivity contribution is 7.99. The van der Waals surface area contributed by atoms with Gasteiger partial charge in [0.1, 0.15) is 12.4 Å². The second-order valence-corrected chi connectivity index (χ2v) is 7.51. The third-order valence-electron chi connectivity index (χ3n) is 4.63. The number of rotatable bonds is 7. The molecule has 0 saturated carbocycles. The van der Waals surface area contributed by atoms with Crippen molar-refractivity contribution >= 4 is 34.6 Å². The van der Waals surface area contributed by atoms with Crippen molar-refractivity contribution in [2.75, 3.05) is 12.9 Å². The number of nitrogens with zero attached hydrogens (tertiary/aromatic N) is 2. The number of thioether (sulfide) groups is 1. The van der Waals surface area contributed by atoms with Crippen LogP contribution in [0.15, 0.2) is 28.8 Å². The zero-order valence-electron chi connectivity index (χ0n) is 16.8. The first-order valence-electron chi connectivity index (χ1n) is 9.04. The topological polar surface area (TPSA) is 91.5 Å². The maximum atomic E-state index is 12.3. The molecule has 0 radical (unpaired) electrons. The molecule has 8 heteroatoms. The van der Waals surface area contributed by atoms with Crippen molar-refractivity contribution in [3.05, 3.63) is 58.1 Å². The van der Waals surface area contributed by atoms with Crippen LogP contribution >= 0.6 is 11.8 Å². The molecule has 0 aliphatic rings. The third-order valence-corrected chi connectivity index (χ3v) is 5.57. The van der Waals surface area contributed by atoms with Gasteiger partial charge in [-0.3, -0.25) is 4.79 Å². The van der Waals surface area contributed by atoms with E-state index in [-0.39, 0.29) is 18.3 Å². The molecule has 0 bridgehead atoms. The van der Waals surface area contributed by atoms with Crippen LogP contribution in [0.2, 0.25) is 0 Å². The van der Waals surface area contributed by atoms with Crippen molar-refractivity contribution in [3.8, 4) is 0 Å². The Labute approximate surface area is 172 Å². The lowest BCUT2D eigenvalue weighted by molar-refractivity contribution is -0.141. The molecule has 3 aromatic rings. The fourth-order valence-corrected chi connectivity index (χ4v) is 4.02. The molecule has 0 aliphatic heterocycles. The summed E-state index contributed by atoms with van der Waals surface area (Å²) in [5, 5.41) is 4.76. The number of benzene rings is 1. The summed E-state index contributed by atoms with van der Waals surface area (Å²) in [6.07, 6.45) is 0. The molecule has 152 valence electrons. The van der Waals surface area contributed by atoms with Crippen molar-refractivity contribution in [3.63, 3.8) is 0 Å². The van der Waals surface area contributed by atoms with E-state index < -0.39 is 5.97 Å². The van der Waals surface area contributed by atoms with Crippen molar-refractivity contribution in [2.45, 2.75) is 33.1 Å². The van der Waals surface area contributed by atoms with Crippen molar-refractivity contribution < 1.29 is 23.6 Å². The average Bonchev–Trinajstić information content (AvgIpc) is 3.04. The van der Waals surface area contributed by atoms with Gasteiger partial charge in [-0.15, -0.1) is 11.8 Å². The Morgan fingerprint density at radius 2 is 1.93 bits per heavy atom. The molecule has 0 atom stereocenters. The second-order valence-electron chi connectivity index (χ2n) is 6.52. The molecule has 0 amide bonds. The molecular formula is C21H22N2O5S. The second kappa shape index (κ2) is 9.09. The molecule has 29 heavy (non-hydrogen) atoms. The minimum atomic E-state index is -0.500. The minimum Gasteiger partial charge on any atom is -0.465 e. The van der Waals surface area contributed by atoms with E-state index in [1.165, 1.54) is 18.9 Å². The van der Waals surface area contributed by atoms with E-state index in [1.807, 2.05) is 45.0 Å². The van der Waals surface area contributed by atoms with Crippen LogP contribution in [0.1, 0.15) is 38.6 Å². The number of para-hydroxylation sites is 1. The number of aryl methyl sites for hydroxylation is 3. The Hall–Kier alpha value is -2.87. The zero-order chi connectivity index (χ0) is 21.0. The van der Waals surface area contributed by atoms with Gasteiger partial charge in [-0.25, -0.2) is 9.78 Å². The number of carbonyl (C=O) groups excluding carboxylic acids is 2. The Balaban J connectivity index is 1.69. The molecule has 1 aromatic carbocycles. The predicted octanol–water partition coefficient (Wildman–Crippen LogP) is 3.91. The van der Waals surface area contributed by atoms with Gasteiger partial charge < -0.3 is 14.0 Å². The lowest BCUT2D eigenvalue weighted by atomic mass is 10.0. The average molecular weight is 414 g/mol. The number of fused-ring (bicyclic) bond motifs is 1. The number of hydrogen-bond donors (Lipinski definition) is 0. The van der Waals surface area contributed by atoms with Crippen LogP contribution in [0.3, 0.4) is 0 Å². The molecule has 0 unspecified atom stereocenters. The van der Waals surface area contributed by atoms with Gasteiger partial charge in [0.25, 0.3) is 0 Å². The van der Waals surface area contributed by atoms with Gasteiger partial charge in [0.15, 0.2) is 0 Å². The number of carbonyl (C=O) groups is 2. The summed E-state index contributed by atoms with van der Waals surface area (Å²) < 4.78 is 15.4. The highest BCUT2D eigenvalue weighted by Crippen LogP contribution is 2.24. The van der Waals surface area contributed by atoms with E-state index in [9.17, 15) is 9.59 Å². The van der Waals surface area contributed by atoms with Crippen molar-refractivity contribution in [1.29, 1.82) is 0 Å². The van der Waals surface area contributed by atoms with Crippen LogP contribution in [0.4, 0.5) is 0 Å². The summed E-state index contributed by atoms with van der Waals surface area (Å²) in [6, 6.07) is 7.50. The van der Waals surface area contributed by atoms with Gasteiger partial charge in [0, 0.05) is 16.7 Å². The summed E-state index contributed by atoms with van der Waals surface area (Å²) in [7, 11) is 1.32. The van der Waals surface area contributed by atoms with Gasteiger partial charge in [0.05, 0.1) is 35.3 Å². The monoisotopic (exact) mass is 414 g/mol. The maximum absolute atomic E-state index is 12.3. The quantitative estimate of drug-likeness (QED) is 0.538. The highest BCUT2D eigenvalue weighted by Gasteiger charge is 2.20. The number of aromatic nitrogens is 2. The minimum absolute atomic E-state index is 0.0964. The Morgan fingerprint density at radius 3 is 2.62 bits per heavy atom. The highest BCUT2D eigenvalue weighted by atomic mass is 32.2. The molecule has 3 rings (SSSR count). The standard InChI is InChI=1S/C21H22N2O5S/c1-12-15-7-5-6-8-17(15)22-18(20(12)21(25)26-4)9-27-19(24)11-29-10-16-13(2)23-28-14(16)3/h5-8H,9-11H2,1-4H3. The molecular weight excluding hydrogens is 392 g/mol. The van der Waals surface area contributed by atoms with E-state index in [1.54, 1.807) is 0 Å². The van der Waals surface area contributed by atoms with Crippen LogP contribution in [-0.2, 0) is 26.6 Å². The predicted molar refractivity (Wildman–Crippen MR) is 110 cm³/mol. The number of esters is 2. The van der Waals surface area contributed by atoms with E-state index >= 15 is 0 Å². The number of methoxy groups -OCH3 is 1. The summed E-state index contributed by atoms with van der Waals surface area (Å²) in [5.41, 5.74) is 4.02. The van der Waals surface area contributed by atoms with Gasteiger partial charge >= 0.3 is 11.9 Å². The van der Waals surface area contributed by atoms with Crippen LogP contribution in [-0.4, -0.2) is 34.9 Å². The summed E-state index contributed by atoms with van der Waals surface area (Å²) in [5.74, 6) is 0.646. The van der Waals surface area contributed by atoms with E-state index in [0.717, 1.165) is 33.5 Å². The lowest BCUT2D eigenvalue weighted by Gasteiger charge is -2.13. The van der Waals surface area contributed by atoms with Gasteiger partial charge in [-0.05, 0) is 32.4 Å². The Morgan fingerprint density at radius 1 is 1.17 bits per heavy atom. The fraction of sp³-hybridized carbons (Fsp3) is 0.333. The summed E-state index contributed by atoms with van der Waals surface area (Å²) in [6.45, 7) is 5.45. The molecule has 0 fully saturated rings. The number of ether oxygens (including phenoxy) is 2. The Bertz CT molecular complexity index is 1040. The van der Waals surface area contributed by atoms with E-state index in [0.29, 0.717) is 17.0 Å². The smallest absolute Gasteiger partial charge is 0.340 e. The summed E-state index contributed by atoms with van der Waals surface area (Å²) >= 11 is 1.42. The lowest BCUT2D eigenvalue weighted by Crippen LogP contribution is -2.14. The first kappa shape index (κ1) is 20.9. The molecule has 0 saturated heterocycles. The summed E-state index contributed by atoms with van der Waals surface area (Å²) in [4.78, 5) is 29.0. The largest absolute Gasteiger partial charge is 0.465 e.